The lowest BCUT2D eigenvalue weighted by molar-refractivity contribution is -0.393. The number of anilines is 3. The molecule has 0 bridgehead atoms. The lowest BCUT2D eigenvalue weighted by Gasteiger charge is -2.09. The van der Waals surface area contributed by atoms with Gasteiger partial charge >= 0.3 is 0 Å². The average molecular weight is 354 g/mol. The Balaban J connectivity index is 2.49. The predicted molar refractivity (Wildman–Crippen MR) is 83.7 cm³/mol. The molecule has 0 aliphatic rings. The second kappa shape index (κ2) is 6.10. The molecule has 11 nitrogen and oxygen atoms in total. The minimum Gasteiger partial charge on any atom is -0.398 e. The second-order valence-electron chi connectivity index (χ2n) is 4.57. The third-order valence-electron chi connectivity index (χ3n) is 2.96. The van der Waals surface area contributed by atoms with Gasteiger partial charge in [0, 0.05) is 11.8 Å². The van der Waals surface area contributed by atoms with Gasteiger partial charge in [-0.3, -0.25) is 24.8 Å². The summed E-state index contributed by atoms with van der Waals surface area (Å²) in [7, 11) is -4.58. The normalized spacial score (nSPS) is 11.0. The summed E-state index contributed by atoms with van der Waals surface area (Å²) in [4.78, 5) is 19.6. The third kappa shape index (κ3) is 3.56. The van der Waals surface area contributed by atoms with E-state index in [2.05, 4.69) is 5.32 Å². The number of hydrogen-bond acceptors (Lipinski definition) is 8. The standard InChI is InChI=1S/C12H10N4O7S/c13-9-3-1-7(5-12(9)24(21,22)23)14-10-4-2-8(15(17)18)6-11(10)16(19)20/h1-6,14H,13H2,(H,21,22,23). The number of nitrogens with zero attached hydrogens (tertiary/aromatic N) is 2. The van der Waals surface area contributed by atoms with E-state index in [-0.39, 0.29) is 17.1 Å². The Morgan fingerprint density at radius 1 is 1.04 bits per heavy atom. The molecule has 24 heavy (non-hydrogen) atoms. The zero-order valence-electron chi connectivity index (χ0n) is 11.7. The van der Waals surface area contributed by atoms with Gasteiger partial charge in [0.25, 0.3) is 21.5 Å². The quantitative estimate of drug-likeness (QED) is 0.313. The van der Waals surface area contributed by atoms with Crippen molar-refractivity contribution in [2.75, 3.05) is 11.1 Å². The maximum Gasteiger partial charge on any atom is 0.299 e. The van der Waals surface area contributed by atoms with Crippen LogP contribution in [0.2, 0.25) is 0 Å². The van der Waals surface area contributed by atoms with Gasteiger partial charge in [-0.2, -0.15) is 8.42 Å². The van der Waals surface area contributed by atoms with Crippen molar-refractivity contribution in [2.24, 2.45) is 0 Å². The van der Waals surface area contributed by atoms with Crippen LogP contribution in [-0.4, -0.2) is 22.8 Å². The van der Waals surface area contributed by atoms with E-state index in [1.807, 2.05) is 0 Å². The van der Waals surface area contributed by atoms with E-state index in [1.165, 1.54) is 12.1 Å². The summed E-state index contributed by atoms with van der Waals surface area (Å²) in [6.45, 7) is 0. The fraction of sp³-hybridized carbons (Fsp3) is 0. The maximum atomic E-state index is 11.2. The second-order valence-corrected chi connectivity index (χ2v) is 5.96. The minimum atomic E-state index is -4.58. The van der Waals surface area contributed by atoms with Crippen molar-refractivity contribution in [3.8, 4) is 0 Å². The summed E-state index contributed by atoms with van der Waals surface area (Å²) in [5.41, 5.74) is 4.18. The van der Waals surface area contributed by atoms with Crippen LogP contribution in [0.5, 0.6) is 0 Å². The largest absolute Gasteiger partial charge is 0.398 e. The highest BCUT2D eigenvalue weighted by Crippen LogP contribution is 2.32. The van der Waals surface area contributed by atoms with Gasteiger partial charge in [0.15, 0.2) is 0 Å². The van der Waals surface area contributed by atoms with Crippen LogP contribution in [-0.2, 0) is 10.1 Å². The molecule has 0 aromatic heterocycles. The monoisotopic (exact) mass is 354 g/mol. The Morgan fingerprint density at radius 2 is 1.71 bits per heavy atom. The van der Waals surface area contributed by atoms with Crippen LogP contribution in [0.25, 0.3) is 0 Å². The molecule has 126 valence electrons. The molecule has 0 unspecified atom stereocenters. The van der Waals surface area contributed by atoms with E-state index >= 15 is 0 Å². The van der Waals surface area contributed by atoms with Gasteiger partial charge in [-0.05, 0) is 24.3 Å². The third-order valence-corrected chi connectivity index (χ3v) is 3.87. The molecule has 0 amide bonds. The SMILES string of the molecule is Nc1ccc(Nc2ccc([N+](=O)[O-])cc2[N+](=O)[O-])cc1S(=O)(=O)O. The first-order valence-corrected chi connectivity index (χ1v) is 7.60. The van der Waals surface area contributed by atoms with E-state index in [4.69, 9.17) is 10.3 Å². The Kier molecular flexibility index (Phi) is 4.35. The zero-order valence-corrected chi connectivity index (χ0v) is 12.6. The molecular formula is C12H10N4O7S. The number of nitrogen functional groups attached to an aromatic ring is 1. The summed E-state index contributed by atoms with van der Waals surface area (Å²) in [6.07, 6.45) is 0. The molecule has 0 heterocycles. The molecule has 0 saturated heterocycles. The smallest absolute Gasteiger partial charge is 0.299 e. The first-order chi connectivity index (χ1) is 11.1. The summed E-state index contributed by atoms with van der Waals surface area (Å²) >= 11 is 0. The summed E-state index contributed by atoms with van der Waals surface area (Å²) in [5.74, 6) is 0. The van der Waals surface area contributed by atoms with Crippen LogP contribution >= 0.6 is 0 Å². The summed E-state index contributed by atoms with van der Waals surface area (Å²) in [5, 5.41) is 24.3. The first kappa shape index (κ1) is 17.1. The number of non-ortho nitro benzene ring substituents is 1. The van der Waals surface area contributed by atoms with Crippen LogP contribution < -0.4 is 11.1 Å². The zero-order chi connectivity index (χ0) is 18.1. The van der Waals surface area contributed by atoms with Crippen LogP contribution in [0.1, 0.15) is 0 Å². The molecular weight excluding hydrogens is 344 g/mol. The molecule has 4 N–H and O–H groups in total. The fourth-order valence-electron chi connectivity index (χ4n) is 1.88. The van der Waals surface area contributed by atoms with E-state index in [0.29, 0.717) is 0 Å². The highest BCUT2D eigenvalue weighted by molar-refractivity contribution is 7.86. The molecule has 12 heteroatoms. The Labute approximate surface area is 134 Å². The fourth-order valence-corrected chi connectivity index (χ4v) is 2.52. The van der Waals surface area contributed by atoms with Crippen LogP contribution in [0.4, 0.5) is 28.4 Å². The molecule has 0 aliphatic carbocycles. The van der Waals surface area contributed by atoms with Gasteiger partial charge in [0.1, 0.15) is 10.6 Å². The molecule has 0 atom stereocenters. The van der Waals surface area contributed by atoms with Crippen molar-refractivity contribution < 1.29 is 22.8 Å². The van der Waals surface area contributed by atoms with Gasteiger partial charge in [-0.1, -0.05) is 0 Å². The highest BCUT2D eigenvalue weighted by atomic mass is 32.2. The molecule has 2 rings (SSSR count). The maximum absolute atomic E-state index is 11.2. The van der Waals surface area contributed by atoms with Gasteiger partial charge in [-0.25, -0.2) is 0 Å². The van der Waals surface area contributed by atoms with Crippen molar-refractivity contribution in [1.82, 2.24) is 0 Å². The van der Waals surface area contributed by atoms with E-state index < -0.39 is 36.2 Å². The molecule has 0 aliphatic heterocycles. The van der Waals surface area contributed by atoms with Crippen molar-refractivity contribution in [3.05, 3.63) is 56.6 Å². The molecule has 0 spiro atoms. The van der Waals surface area contributed by atoms with Crippen molar-refractivity contribution >= 4 is 38.6 Å². The van der Waals surface area contributed by atoms with Crippen LogP contribution in [0, 0.1) is 20.2 Å². The van der Waals surface area contributed by atoms with E-state index in [9.17, 15) is 28.6 Å². The topological polar surface area (TPSA) is 179 Å². The lowest BCUT2D eigenvalue weighted by Crippen LogP contribution is -2.04. The summed E-state index contributed by atoms with van der Waals surface area (Å²) in [6, 6.07) is 6.42. The first-order valence-electron chi connectivity index (χ1n) is 6.16. The average Bonchev–Trinajstić information content (AvgIpc) is 2.48. The molecule has 2 aromatic rings. The Hall–Kier alpha value is -3.25. The van der Waals surface area contributed by atoms with Crippen LogP contribution in [0.3, 0.4) is 0 Å². The number of rotatable bonds is 5. The van der Waals surface area contributed by atoms with E-state index in [1.54, 1.807) is 0 Å². The molecule has 0 radical (unpaired) electrons. The van der Waals surface area contributed by atoms with Gasteiger partial charge < -0.3 is 11.1 Å². The van der Waals surface area contributed by atoms with E-state index in [0.717, 1.165) is 24.3 Å². The van der Waals surface area contributed by atoms with Gasteiger partial charge in [0.05, 0.1) is 21.6 Å². The number of nitro benzene ring substituents is 2. The number of nitrogens with one attached hydrogen (secondary N) is 1. The molecule has 0 saturated carbocycles. The van der Waals surface area contributed by atoms with Gasteiger partial charge in [-0.15, -0.1) is 0 Å². The number of benzene rings is 2. The molecule has 0 fully saturated rings. The Bertz CT molecular complexity index is 942. The number of hydrogen-bond donors (Lipinski definition) is 3. The lowest BCUT2D eigenvalue weighted by atomic mass is 10.2. The summed E-state index contributed by atoms with van der Waals surface area (Å²) < 4.78 is 31.5. The molecule has 2 aromatic carbocycles. The van der Waals surface area contributed by atoms with Crippen LogP contribution in [0.15, 0.2) is 41.3 Å². The Morgan fingerprint density at radius 3 is 2.25 bits per heavy atom. The highest BCUT2D eigenvalue weighted by Gasteiger charge is 2.20. The number of nitrogens with two attached hydrogens (primary N) is 1. The van der Waals surface area contributed by atoms with Crippen molar-refractivity contribution in [1.29, 1.82) is 0 Å². The number of nitro groups is 2. The van der Waals surface area contributed by atoms with Crippen molar-refractivity contribution in [2.45, 2.75) is 4.90 Å². The minimum absolute atomic E-state index is 0.0776. The van der Waals surface area contributed by atoms with Crippen molar-refractivity contribution in [3.63, 3.8) is 0 Å². The predicted octanol–water partition coefficient (Wildman–Crippen LogP) is 2.08. The van der Waals surface area contributed by atoms with Gasteiger partial charge in [0.2, 0.25) is 0 Å².